The van der Waals surface area contributed by atoms with E-state index in [1.807, 2.05) is 0 Å². The summed E-state index contributed by atoms with van der Waals surface area (Å²) in [6, 6.07) is 2.24. The SMILES string of the molecule is [CH2]c1ccc(C(F)(F)F)nc1C. The molecule has 1 nitrogen and oxygen atoms in total. The van der Waals surface area contributed by atoms with Crippen molar-refractivity contribution in [2.24, 2.45) is 0 Å². The normalized spacial score (nSPS) is 11.8. The number of aryl methyl sites for hydroxylation is 1. The van der Waals surface area contributed by atoms with Crippen molar-refractivity contribution in [3.8, 4) is 0 Å². The van der Waals surface area contributed by atoms with Crippen LogP contribution in [0.15, 0.2) is 12.1 Å². The van der Waals surface area contributed by atoms with E-state index in [1.54, 1.807) is 0 Å². The molecule has 0 bridgehead atoms. The van der Waals surface area contributed by atoms with Gasteiger partial charge in [-0.2, -0.15) is 13.2 Å². The molecule has 0 saturated carbocycles. The van der Waals surface area contributed by atoms with E-state index in [0.717, 1.165) is 6.07 Å². The van der Waals surface area contributed by atoms with Crippen LogP contribution in [-0.2, 0) is 6.18 Å². The summed E-state index contributed by atoms with van der Waals surface area (Å²) in [5.74, 6) is 0. The first kappa shape index (κ1) is 9.03. The van der Waals surface area contributed by atoms with Crippen LogP contribution in [0.1, 0.15) is 17.0 Å². The van der Waals surface area contributed by atoms with Gasteiger partial charge in [0.25, 0.3) is 0 Å². The van der Waals surface area contributed by atoms with Gasteiger partial charge in [-0.15, -0.1) is 0 Å². The third-order valence-electron chi connectivity index (χ3n) is 1.49. The molecule has 0 saturated heterocycles. The summed E-state index contributed by atoms with van der Waals surface area (Å²) in [5, 5.41) is 0. The van der Waals surface area contributed by atoms with Gasteiger partial charge in [-0.1, -0.05) is 6.07 Å². The lowest BCUT2D eigenvalue weighted by molar-refractivity contribution is -0.141. The third-order valence-corrected chi connectivity index (χ3v) is 1.49. The van der Waals surface area contributed by atoms with E-state index >= 15 is 0 Å². The molecule has 1 aromatic heterocycles. The standard InChI is InChI=1S/C8H7F3N/c1-5-3-4-7(8(9,10)11)12-6(5)2/h3-4H,1H2,2H3. The summed E-state index contributed by atoms with van der Waals surface area (Å²) in [6.07, 6.45) is -4.36. The van der Waals surface area contributed by atoms with Gasteiger partial charge in [0.15, 0.2) is 0 Å². The number of alkyl halides is 3. The number of pyridine rings is 1. The number of aromatic nitrogens is 1. The van der Waals surface area contributed by atoms with Crippen molar-refractivity contribution >= 4 is 0 Å². The van der Waals surface area contributed by atoms with Crippen LogP contribution >= 0.6 is 0 Å². The van der Waals surface area contributed by atoms with E-state index in [1.165, 1.54) is 13.0 Å². The van der Waals surface area contributed by atoms with Crippen LogP contribution in [0.2, 0.25) is 0 Å². The molecule has 4 heteroatoms. The lowest BCUT2D eigenvalue weighted by Gasteiger charge is -2.06. The van der Waals surface area contributed by atoms with E-state index in [-0.39, 0.29) is 0 Å². The molecule has 65 valence electrons. The molecule has 1 heterocycles. The quantitative estimate of drug-likeness (QED) is 0.589. The lowest BCUT2D eigenvalue weighted by atomic mass is 10.2. The number of rotatable bonds is 0. The molecule has 12 heavy (non-hydrogen) atoms. The highest BCUT2D eigenvalue weighted by molar-refractivity contribution is 5.25. The zero-order valence-electron chi connectivity index (χ0n) is 6.44. The minimum atomic E-state index is -4.36. The van der Waals surface area contributed by atoms with Gasteiger partial charge in [-0.3, -0.25) is 0 Å². The van der Waals surface area contributed by atoms with Crippen LogP contribution in [0, 0.1) is 13.8 Å². The number of nitrogens with zero attached hydrogens (tertiary/aromatic N) is 1. The zero-order chi connectivity index (χ0) is 9.35. The van der Waals surface area contributed by atoms with Gasteiger partial charge in [-0.25, -0.2) is 4.98 Å². The zero-order valence-corrected chi connectivity index (χ0v) is 6.44. The Balaban J connectivity index is 3.14. The summed E-state index contributed by atoms with van der Waals surface area (Å²) in [7, 11) is 0. The highest BCUT2D eigenvalue weighted by atomic mass is 19.4. The van der Waals surface area contributed by atoms with Crippen LogP contribution < -0.4 is 0 Å². The minimum Gasteiger partial charge on any atom is -0.248 e. The lowest BCUT2D eigenvalue weighted by Crippen LogP contribution is -2.08. The Bertz CT molecular complexity index is 291. The first-order valence-electron chi connectivity index (χ1n) is 3.28. The smallest absolute Gasteiger partial charge is 0.248 e. The maximum Gasteiger partial charge on any atom is 0.433 e. The second-order valence-electron chi connectivity index (χ2n) is 2.44. The molecule has 1 radical (unpaired) electrons. The first-order chi connectivity index (χ1) is 5.41. The van der Waals surface area contributed by atoms with Crippen molar-refractivity contribution < 1.29 is 13.2 Å². The molecule has 0 aliphatic carbocycles. The topological polar surface area (TPSA) is 12.9 Å². The fraction of sp³-hybridized carbons (Fsp3) is 0.250. The molecular formula is C8H7F3N. The highest BCUT2D eigenvalue weighted by Crippen LogP contribution is 2.27. The molecule has 0 N–H and O–H groups in total. The summed E-state index contributed by atoms with van der Waals surface area (Å²) in [6.45, 7) is 5.01. The third kappa shape index (κ3) is 1.75. The van der Waals surface area contributed by atoms with Crippen molar-refractivity contribution in [1.82, 2.24) is 4.98 Å². The van der Waals surface area contributed by atoms with E-state index < -0.39 is 11.9 Å². The van der Waals surface area contributed by atoms with E-state index in [4.69, 9.17) is 0 Å². The van der Waals surface area contributed by atoms with Crippen molar-refractivity contribution in [3.63, 3.8) is 0 Å². The Labute approximate surface area is 68.2 Å². The van der Waals surface area contributed by atoms with Crippen molar-refractivity contribution in [2.75, 3.05) is 0 Å². The van der Waals surface area contributed by atoms with E-state index in [0.29, 0.717) is 11.3 Å². The maximum absolute atomic E-state index is 12.0. The second-order valence-corrected chi connectivity index (χ2v) is 2.44. The van der Waals surface area contributed by atoms with Gasteiger partial charge >= 0.3 is 6.18 Å². The van der Waals surface area contributed by atoms with Gasteiger partial charge in [-0.05, 0) is 25.5 Å². The van der Waals surface area contributed by atoms with Gasteiger partial charge < -0.3 is 0 Å². The van der Waals surface area contributed by atoms with Crippen LogP contribution in [-0.4, -0.2) is 4.98 Å². The van der Waals surface area contributed by atoms with Crippen molar-refractivity contribution in [1.29, 1.82) is 0 Å². The Morgan fingerprint density at radius 2 is 1.92 bits per heavy atom. The second kappa shape index (κ2) is 2.77. The predicted molar refractivity (Wildman–Crippen MR) is 38.4 cm³/mol. The van der Waals surface area contributed by atoms with Crippen LogP contribution in [0.4, 0.5) is 13.2 Å². The van der Waals surface area contributed by atoms with Crippen molar-refractivity contribution in [3.05, 3.63) is 36.0 Å². The van der Waals surface area contributed by atoms with Gasteiger partial charge in [0.05, 0.1) is 0 Å². The fourth-order valence-electron chi connectivity index (χ4n) is 0.748. The molecular weight excluding hydrogens is 167 g/mol. The average Bonchev–Trinajstić information content (AvgIpc) is 1.92. The molecule has 0 aliphatic rings. The largest absolute Gasteiger partial charge is 0.433 e. The van der Waals surface area contributed by atoms with Gasteiger partial charge in [0.1, 0.15) is 5.69 Å². The molecule has 0 spiro atoms. The Morgan fingerprint density at radius 1 is 1.33 bits per heavy atom. The first-order valence-corrected chi connectivity index (χ1v) is 3.28. The number of hydrogen-bond acceptors (Lipinski definition) is 1. The van der Waals surface area contributed by atoms with Gasteiger partial charge in [0, 0.05) is 5.69 Å². The number of halogens is 3. The Hall–Kier alpha value is -1.06. The highest BCUT2D eigenvalue weighted by Gasteiger charge is 2.32. The van der Waals surface area contributed by atoms with E-state index in [9.17, 15) is 13.2 Å². The van der Waals surface area contributed by atoms with Crippen LogP contribution in [0.3, 0.4) is 0 Å². The Morgan fingerprint density at radius 3 is 2.33 bits per heavy atom. The van der Waals surface area contributed by atoms with E-state index in [2.05, 4.69) is 11.9 Å². The van der Waals surface area contributed by atoms with Crippen molar-refractivity contribution in [2.45, 2.75) is 13.1 Å². The summed E-state index contributed by atoms with van der Waals surface area (Å²) >= 11 is 0. The van der Waals surface area contributed by atoms with Crippen LogP contribution in [0.25, 0.3) is 0 Å². The average molecular weight is 174 g/mol. The molecule has 0 amide bonds. The van der Waals surface area contributed by atoms with Gasteiger partial charge in [0.2, 0.25) is 0 Å². The molecule has 0 atom stereocenters. The fourth-order valence-corrected chi connectivity index (χ4v) is 0.748. The molecule has 0 aromatic carbocycles. The maximum atomic E-state index is 12.0. The molecule has 0 fully saturated rings. The molecule has 1 rings (SSSR count). The molecule has 1 aromatic rings. The minimum absolute atomic E-state index is 0.310. The molecule has 0 unspecified atom stereocenters. The Kier molecular flexibility index (Phi) is 2.08. The summed E-state index contributed by atoms with van der Waals surface area (Å²) in [5.41, 5.74) is -0.0415. The molecule has 0 aliphatic heterocycles. The summed E-state index contributed by atoms with van der Waals surface area (Å²) < 4.78 is 36.1. The predicted octanol–water partition coefficient (Wildman–Crippen LogP) is 2.59. The van der Waals surface area contributed by atoms with Crippen LogP contribution in [0.5, 0.6) is 0 Å². The summed E-state index contributed by atoms with van der Waals surface area (Å²) in [4.78, 5) is 3.36. The monoisotopic (exact) mass is 174 g/mol. The number of hydrogen-bond donors (Lipinski definition) is 0.